The van der Waals surface area contributed by atoms with Crippen LogP contribution in [0.2, 0.25) is 0 Å². The number of hydrogen-bond donors (Lipinski definition) is 1. The number of carbonyl (C=O) groups excluding carboxylic acids is 1. The van der Waals surface area contributed by atoms with Gasteiger partial charge in [0.2, 0.25) is 0 Å². The second-order valence-electron chi connectivity index (χ2n) is 8.96. The number of rotatable bonds is 2. The molecule has 0 saturated heterocycles. The van der Waals surface area contributed by atoms with Crippen molar-refractivity contribution in [2.45, 2.75) is 71.8 Å². The maximum atomic E-state index is 12.6. The van der Waals surface area contributed by atoms with E-state index in [1.165, 1.54) is 18.3 Å². The number of esters is 1. The number of methoxy groups -OCH3 is 1. The number of aliphatic hydroxyl groups excluding tert-OH is 1. The Hall–Kier alpha value is -1.09. The van der Waals surface area contributed by atoms with Crippen LogP contribution in [0.3, 0.4) is 0 Å². The van der Waals surface area contributed by atoms with Crippen molar-refractivity contribution in [2.75, 3.05) is 7.11 Å². The van der Waals surface area contributed by atoms with Crippen LogP contribution in [0.4, 0.5) is 0 Å². The average Bonchev–Trinajstić information content (AvgIpc) is 2.55. The van der Waals surface area contributed by atoms with Gasteiger partial charge in [0.25, 0.3) is 0 Å². The Morgan fingerprint density at radius 2 is 2.04 bits per heavy atom. The van der Waals surface area contributed by atoms with Gasteiger partial charge in [0.05, 0.1) is 18.6 Å². The van der Waals surface area contributed by atoms with Crippen LogP contribution in [0.5, 0.6) is 0 Å². The van der Waals surface area contributed by atoms with Crippen LogP contribution in [0.25, 0.3) is 0 Å². The van der Waals surface area contributed by atoms with Gasteiger partial charge in [-0.2, -0.15) is 0 Å². The predicted molar refractivity (Wildman–Crippen MR) is 95.4 cm³/mol. The van der Waals surface area contributed by atoms with Gasteiger partial charge >= 0.3 is 5.97 Å². The molecule has 0 heterocycles. The molecule has 0 aromatic heterocycles. The number of ether oxygens (including phenoxy) is 1. The molecule has 1 fully saturated rings. The number of hydrogen-bond acceptors (Lipinski definition) is 3. The van der Waals surface area contributed by atoms with Crippen molar-refractivity contribution in [3.05, 3.63) is 23.8 Å². The third kappa shape index (κ3) is 2.31. The molecular formula is C21H32O3. The number of fused-ring (bicyclic) bond motifs is 2. The van der Waals surface area contributed by atoms with Crippen molar-refractivity contribution in [1.82, 2.24) is 0 Å². The molecule has 0 unspecified atom stereocenters. The highest BCUT2D eigenvalue weighted by Crippen LogP contribution is 2.63. The van der Waals surface area contributed by atoms with E-state index in [4.69, 9.17) is 4.74 Å². The van der Waals surface area contributed by atoms with E-state index in [0.29, 0.717) is 5.92 Å². The molecule has 0 aromatic rings. The zero-order valence-corrected chi connectivity index (χ0v) is 15.7. The van der Waals surface area contributed by atoms with E-state index in [2.05, 4.69) is 27.4 Å². The third-order valence-electron chi connectivity index (χ3n) is 7.65. The molecule has 5 atom stereocenters. The molecule has 134 valence electrons. The maximum Gasteiger partial charge on any atom is 0.311 e. The fraction of sp³-hybridized carbons (Fsp3) is 0.762. The molecule has 0 radical (unpaired) electrons. The van der Waals surface area contributed by atoms with Crippen molar-refractivity contribution < 1.29 is 14.6 Å². The number of carbonyl (C=O) groups is 1. The van der Waals surface area contributed by atoms with Gasteiger partial charge in [0, 0.05) is 5.41 Å². The van der Waals surface area contributed by atoms with Crippen LogP contribution in [0, 0.1) is 22.2 Å². The summed E-state index contributed by atoms with van der Waals surface area (Å²) in [5.74, 6) is 0.250. The van der Waals surface area contributed by atoms with Crippen LogP contribution < -0.4 is 0 Å². The van der Waals surface area contributed by atoms with Crippen LogP contribution in [-0.2, 0) is 9.53 Å². The Kier molecular flexibility index (Phi) is 4.23. The van der Waals surface area contributed by atoms with Gasteiger partial charge in [0.15, 0.2) is 0 Å². The first kappa shape index (κ1) is 17.7. The number of aliphatic hydroxyl groups is 1. The fourth-order valence-corrected chi connectivity index (χ4v) is 6.01. The molecule has 3 heteroatoms. The van der Waals surface area contributed by atoms with Crippen molar-refractivity contribution in [2.24, 2.45) is 22.2 Å². The van der Waals surface area contributed by atoms with Crippen molar-refractivity contribution in [3.63, 3.8) is 0 Å². The monoisotopic (exact) mass is 332 g/mol. The van der Waals surface area contributed by atoms with Crippen molar-refractivity contribution in [3.8, 4) is 0 Å². The lowest BCUT2D eigenvalue weighted by Gasteiger charge is -2.57. The van der Waals surface area contributed by atoms with Crippen molar-refractivity contribution in [1.29, 1.82) is 0 Å². The first-order chi connectivity index (χ1) is 11.2. The zero-order chi connectivity index (χ0) is 17.8. The molecule has 1 saturated carbocycles. The van der Waals surface area contributed by atoms with E-state index in [9.17, 15) is 9.90 Å². The molecule has 0 spiro atoms. The molecule has 24 heavy (non-hydrogen) atoms. The Morgan fingerprint density at radius 3 is 2.67 bits per heavy atom. The highest BCUT2D eigenvalue weighted by atomic mass is 16.5. The minimum Gasteiger partial charge on any atom is -0.469 e. The highest BCUT2D eigenvalue weighted by Gasteiger charge is 2.57. The lowest BCUT2D eigenvalue weighted by molar-refractivity contribution is -0.163. The summed E-state index contributed by atoms with van der Waals surface area (Å²) in [5, 5.41) is 10.8. The Balaban J connectivity index is 2.02. The minimum atomic E-state index is -0.398. The molecule has 3 rings (SSSR count). The summed E-state index contributed by atoms with van der Waals surface area (Å²) in [4.78, 5) is 12.6. The molecule has 1 N–H and O–H groups in total. The molecular weight excluding hydrogens is 300 g/mol. The molecule has 0 aliphatic heterocycles. The van der Waals surface area contributed by atoms with Crippen LogP contribution in [-0.4, -0.2) is 24.3 Å². The summed E-state index contributed by atoms with van der Waals surface area (Å²) in [6.07, 6.45) is 8.33. The van der Waals surface area contributed by atoms with Gasteiger partial charge in [0.1, 0.15) is 0 Å². The largest absolute Gasteiger partial charge is 0.469 e. The van der Waals surface area contributed by atoms with Crippen molar-refractivity contribution >= 4 is 5.97 Å². The topological polar surface area (TPSA) is 46.5 Å². The predicted octanol–water partition coefficient (Wildman–Crippen LogP) is 4.41. The minimum absolute atomic E-state index is 0.0122. The van der Waals surface area contributed by atoms with E-state index in [-0.39, 0.29) is 22.9 Å². The second kappa shape index (κ2) is 5.72. The Labute approximate surface area is 146 Å². The van der Waals surface area contributed by atoms with Gasteiger partial charge in [-0.25, -0.2) is 0 Å². The molecule has 0 amide bonds. The highest BCUT2D eigenvalue weighted by molar-refractivity contribution is 5.77. The fourth-order valence-electron chi connectivity index (χ4n) is 6.01. The quantitative estimate of drug-likeness (QED) is 0.602. The Bertz CT molecular complexity index is 592. The first-order valence-electron chi connectivity index (χ1n) is 9.33. The smallest absolute Gasteiger partial charge is 0.311 e. The average molecular weight is 332 g/mol. The summed E-state index contributed by atoms with van der Waals surface area (Å²) < 4.78 is 5.18. The molecule has 0 bridgehead atoms. The van der Waals surface area contributed by atoms with Gasteiger partial charge in [-0.05, 0) is 56.8 Å². The zero-order valence-electron chi connectivity index (χ0n) is 15.7. The summed E-state index contributed by atoms with van der Waals surface area (Å²) >= 11 is 0. The summed E-state index contributed by atoms with van der Waals surface area (Å²) in [7, 11) is 1.51. The SMILES string of the molecule is C=C[C@]1(C)CC2=C(C[C@H]1O)[C@@]1(C)CCC[C@](C)(C(=O)OC)[C@@H]1CC2. The molecule has 3 nitrogen and oxygen atoms in total. The lowest BCUT2D eigenvalue weighted by atomic mass is 9.47. The summed E-state index contributed by atoms with van der Waals surface area (Å²) in [6, 6.07) is 0. The van der Waals surface area contributed by atoms with Crippen LogP contribution >= 0.6 is 0 Å². The van der Waals surface area contributed by atoms with Crippen LogP contribution in [0.1, 0.15) is 65.7 Å². The van der Waals surface area contributed by atoms with Gasteiger partial charge < -0.3 is 9.84 Å². The van der Waals surface area contributed by atoms with E-state index < -0.39 is 5.41 Å². The van der Waals surface area contributed by atoms with E-state index >= 15 is 0 Å². The first-order valence-corrected chi connectivity index (χ1v) is 9.33. The van der Waals surface area contributed by atoms with Gasteiger partial charge in [-0.15, -0.1) is 6.58 Å². The van der Waals surface area contributed by atoms with E-state index in [0.717, 1.165) is 44.9 Å². The summed E-state index contributed by atoms with van der Waals surface area (Å²) in [5.41, 5.74) is 2.33. The summed E-state index contributed by atoms with van der Waals surface area (Å²) in [6.45, 7) is 10.5. The lowest BCUT2D eigenvalue weighted by Crippen LogP contribution is -2.52. The maximum absolute atomic E-state index is 12.6. The number of allylic oxidation sites excluding steroid dienone is 1. The molecule has 0 aromatic carbocycles. The standard InChI is InChI=1S/C21H32O3/c1-6-19(2)13-14-8-9-16-20(3,15(14)12-17(19)22)10-7-11-21(16,4)18(23)24-5/h6,16-17,22H,1,7-13H2,2-5H3/t16-,17-,19-,20-,21+/m1/s1. The molecule has 3 aliphatic rings. The normalized spacial score (nSPS) is 45.2. The van der Waals surface area contributed by atoms with Gasteiger partial charge in [-0.3, -0.25) is 4.79 Å². The molecule has 3 aliphatic carbocycles. The second-order valence-corrected chi connectivity index (χ2v) is 8.96. The van der Waals surface area contributed by atoms with Crippen LogP contribution in [0.15, 0.2) is 23.8 Å². The van der Waals surface area contributed by atoms with E-state index in [1.807, 2.05) is 6.08 Å². The van der Waals surface area contributed by atoms with Gasteiger partial charge in [-0.1, -0.05) is 37.5 Å². The Morgan fingerprint density at radius 1 is 1.33 bits per heavy atom. The van der Waals surface area contributed by atoms with E-state index in [1.54, 1.807) is 0 Å². The third-order valence-corrected chi connectivity index (χ3v) is 7.65.